The van der Waals surface area contributed by atoms with Crippen molar-refractivity contribution in [3.8, 4) is 5.69 Å². The third-order valence-electron chi connectivity index (χ3n) is 4.16. The van der Waals surface area contributed by atoms with Crippen LogP contribution in [0.25, 0.3) is 5.69 Å². The van der Waals surface area contributed by atoms with Crippen LogP contribution in [-0.2, 0) is 6.54 Å². The molecule has 1 aromatic heterocycles. The molecule has 2 atom stereocenters. The van der Waals surface area contributed by atoms with E-state index in [-0.39, 0.29) is 12.4 Å². The van der Waals surface area contributed by atoms with Gasteiger partial charge in [-0.1, -0.05) is 25.1 Å². The Morgan fingerprint density at radius 2 is 1.95 bits per heavy atom. The number of halogens is 1. The van der Waals surface area contributed by atoms with Crippen molar-refractivity contribution in [1.29, 1.82) is 0 Å². The predicted octanol–water partition coefficient (Wildman–Crippen LogP) is 2.38. The van der Waals surface area contributed by atoms with Gasteiger partial charge in [0.25, 0.3) is 0 Å². The highest BCUT2D eigenvalue weighted by molar-refractivity contribution is 5.85. The van der Waals surface area contributed by atoms with E-state index in [1.807, 2.05) is 12.3 Å². The Bertz CT molecular complexity index is 571. The summed E-state index contributed by atoms with van der Waals surface area (Å²) in [4.78, 5) is 6.90. The molecule has 114 valence electrons. The van der Waals surface area contributed by atoms with Crippen LogP contribution < -0.4 is 5.73 Å². The van der Waals surface area contributed by atoms with Gasteiger partial charge in [-0.25, -0.2) is 4.98 Å². The fourth-order valence-electron chi connectivity index (χ4n) is 2.99. The second kappa shape index (κ2) is 6.60. The number of nitrogens with two attached hydrogens (primary N) is 1. The summed E-state index contributed by atoms with van der Waals surface area (Å²) in [5, 5.41) is 0. The summed E-state index contributed by atoms with van der Waals surface area (Å²) in [5.41, 5.74) is 8.52. The number of rotatable bonds is 3. The fraction of sp³-hybridized carbons (Fsp3) is 0.438. The minimum absolute atomic E-state index is 0. The Balaban J connectivity index is 0.00000161. The zero-order valence-electron chi connectivity index (χ0n) is 12.6. The molecule has 0 saturated carbocycles. The topological polar surface area (TPSA) is 47.1 Å². The van der Waals surface area contributed by atoms with Gasteiger partial charge in [-0.3, -0.25) is 9.47 Å². The molecule has 2 heterocycles. The van der Waals surface area contributed by atoms with Crippen LogP contribution in [0.2, 0.25) is 0 Å². The van der Waals surface area contributed by atoms with E-state index in [1.54, 1.807) is 0 Å². The van der Waals surface area contributed by atoms with Crippen LogP contribution in [0.4, 0.5) is 0 Å². The molecule has 21 heavy (non-hydrogen) atoms. The Morgan fingerprint density at radius 3 is 2.57 bits per heavy atom. The van der Waals surface area contributed by atoms with Gasteiger partial charge < -0.3 is 5.73 Å². The standard InChI is InChI=1S/C16H22N4.ClH/c1-12-9-19(11-16(12)17)10-15-8-18-13(2)20(15)14-6-4-3-5-7-14;/h3-8,12,16H,9-11,17H2,1-2H3;1H. The van der Waals surface area contributed by atoms with E-state index in [0.717, 1.165) is 25.5 Å². The van der Waals surface area contributed by atoms with Crippen LogP contribution in [-0.4, -0.2) is 33.6 Å². The van der Waals surface area contributed by atoms with Gasteiger partial charge in [0.1, 0.15) is 5.82 Å². The zero-order valence-corrected chi connectivity index (χ0v) is 13.4. The third kappa shape index (κ3) is 3.28. The van der Waals surface area contributed by atoms with Crippen molar-refractivity contribution in [3.63, 3.8) is 0 Å². The van der Waals surface area contributed by atoms with Crippen LogP contribution in [0.5, 0.6) is 0 Å². The maximum absolute atomic E-state index is 6.11. The number of aromatic nitrogens is 2. The molecule has 0 bridgehead atoms. The van der Waals surface area contributed by atoms with Gasteiger partial charge in [0.15, 0.2) is 0 Å². The smallest absolute Gasteiger partial charge is 0.110 e. The first kappa shape index (κ1) is 16.0. The lowest BCUT2D eigenvalue weighted by molar-refractivity contribution is 0.313. The maximum Gasteiger partial charge on any atom is 0.110 e. The van der Waals surface area contributed by atoms with E-state index in [1.165, 1.54) is 11.4 Å². The molecule has 0 amide bonds. The number of benzene rings is 1. The van der Waals surface area contributed by atoms with Crippen LogP contribution in [0.15, 0.2) is 36.5 Å². The molecule has 2 unspecified atom stereocenters. The van der Waals surface area contributed by atoms with Crippen molar-refractivity contribution in [2.45, 2.75) is 26.4 Å². The highest BCUT2D eigenvalue weighted by Crippen LogP contribution is 2.20. The Morgan fingerprint density at radius 1 is 1.24 bits per heavy atom. The highest BCUT2D eigenvalue weighted by atomic mass is 35.5. The van der Waals surface area contributed by atoms with Crippen LogP contribution >= 0.6 is 12.4 Å². The molecule has 3 rings (SSSR count). The van der Waals surface area contributed by atoms with Gasteiger partial charge in [0, 0.05) is 31.4 Å². The first-order valence-electron chi connectivity index (χ1n) is 7.21. The number of aryl methyl sites for hydroxylation is 1. The van der Waals surface area contributed by atoms with Crippen LogP contribution in [0.3, 0.4) is 0 Å². The minimum Gasteiger partial charge on any atom is -0.326 e. The lowest BCUT2D eigenvalue weighted by Gasteiger charge is -2.17. The monoisotopic (exact) mass is 306 g/mol. The molecule has 0 spiro atoms. The van der Waals surface area contributed by atoms with Crippen molar-refractivity contribution in [2.75, 3.05) is 13.1 Å². The SMILES string of the molecule is Cc1ncc(CN2CC(C)C(N)C2)n1-c1ccccc1.Cl. The van der Waals surface area contributed by atoms with Gasteiger partial charge >= 0.3 is 0 Å². The van der Waals surface area contributed by atoms with Gasteiger partial charge in [-0.2, -0.15) is 0 Å². The minimum atomic E-state index is 0. The second-order valence-electron chi connectivity index (χ2n) is 5.80. The summed E-state index contributed by atoms with van der Waals surface area (Å²) in [6, 6.07) is 10.7. The molecule has 1 fully saturated rings. The molecule has 1 saturated heterocycles. The number of nitrogens with zero attached hydrogens (tertiary/aromatic N) is 3. The number of likely N-dealkylation sites (tertiary alicyclic amines) is 1. The summed E-state index contributed by atoms with van der Waals surface area (Å²) in [5.74, 6) is 1.60. The van der Waals surface area contributed by atoms with Gasteiger partial charge in [0.2, 0.25) is 0 Å². The Labute approximate surface area is 132 Å². The average Bonchev–Trinajstić information content (AvgIpc) is 2.95. The van der Waals surface area contributed by atoms with Gasteiger partial charge in [-0.15, -0.1) is 12.4 Å². The molecule has 5 heteroatoms. The van der Waals surface area contributed by atoms with Crippen LogP contribution in [0, 0.1) is 12.8 Å². The molecule has 1 aliphatic rings. The van der Waals surface area contributed by atoms with Crippen molar-refractivity contribution in [2.24, 2.45) is 11.7 Å². The lowest BCUT2D eigenvalue weighted by Crippen LogP contribution is -2.28. The van der Waals surface area contributed by atoms with E-state index in [9.17, 15) is 0 Å². The molecule has 1 aromatic carbocycles. The number of para-hydroxylation sites is 1. The second-order valence-corrected chi connectivity index (χ2v) is 5.80. The third-order valence-corrected chi connectivity index (χ3v) is 4.16. The fourth-order valence-corrected chi connectivity index (χ4v) is 2.99. The molecular formula is C16H23ClN4. The van der Waals surface area contributed by atoms with E-state index >= 15 is 0 Å². The highest BCUT2D eigenvalue weighted by Gasteiger charge is 2.27. The number of hydrogen-bond donors (Lipinski definition) is 1. The average molecular weight is 307 g/mol. The predicted molar refractivity (Wildman–Crippen MR) is 88.0 cm³/mol. The van der Waals surface area contributed by atoms with Crippen molar-refractivity contribution < 1.29 is 0 Å². The summed E-state index contributed by atoms with van der Waals surface area (Å²) in [6.07, 6.45) is 1.98. The summed E-state index contributed by atoms with van der Waals surface area (Å²) >= 11 is 0. The van der Waals surface area contributed by atoms with E-state index < -0.39 is 0 Å². The Hall–Kier alpha value is -1.36. The number of hydrogen-bond acceptors (Lipinski definition) is 3. The maximum atomic E-state index is 6.11. The molecular weight excluding hydrogens is 284 g/mol. The first-order valence-corrected chi connectivity index (χ1v) is 7.21. The first-order chi connectivity index (χ1) is 9.65. The molecule has 2 N–H and O–H groups in total. The molecule has 0 aliphatic carbocycles. The molecule has 1 aliphatic heterocycles. The summed E-state index contributed by atoms with van der Waals surface area (Å²) < 4.78 is 2.23. The Kier molecular flexibility index (Phi) is 5.04. The van der Waals surface area contributed by atoms with Crippen molar-refractivity contribution in [3.05, 3.63) is 48.0 Å². The quantitative estimate of drug-likeness (QED) is 0.947. The van der Waals surface area contributed by atoms with Gasteiger partial charge in [-0.05, 0) is 25.0 Å². The summed E-state index contributed by atoms with van der Waals surface area (Å²) in [6.45, 7) is 7.23. The molecule has 0 radical (unpaired) electrons. The van der Waals surface area contributed by atoms with E-state index in [2.05, 4.69) is 52.6 Å². The molecule has 2 aromatic rings. The molecule has 4 nitrogen and oxygen atoms in total. The zero-order chi connectivity index (χ0) is 14.1. The summed E-state index contributed by atoms with van der Waals surface area (Å²) in [7, 11) is 0. The number of imidazole rings is 1. The van der Waals surface area contributed by atoms with Crippen molar-refractivity contribution in [1.82, 2.24) is 14.5 Å². The largest absolute Gasteiger partial charge is 0.326 e. The van der Waals surface area contributed by atoms with Crippen LogP contribution in [0.1, 0.15) is 18.4 Å². The lowest BCUT2D eigenvalue weighted by atomic mass is 10.1. The van der Waals surface area contributed by atoms with Crippen molar-refractivity contribution >= 4 is 12.4 Å². The van der Waals surface area contributed by atoms with Gasteiger partial charge in [0.05, 0.1) is 11.9 Å². The normalized spacial score (nSPS) is 22.2. The van der Waals surface area contributed by atoms with E-state index in [0.29, 0.717) is 12.0 Å². The van der Waals surface area contributed by atoms with E-state index in [4.69, 9.17) is 5.73 Å².